The summed E-state index contributed by atoms with van der Waals surface area (Å²) in [6.45, 7) is 4.76. The topological polar surface area (TPSA) is 183 Å². The van der Waals surface area contributed by atoms with Crippen LogP contribution >= 0.6 is 23.5 Å². The summed E-state index contributed by atoms with van der Waals surface area (Å²) in [5.41, 5.74) is 1.11. The molecule has 6 rings (SSSR count). The summed E-state index contributed by atoms with van der Waals surface area (Å²) in [5, 5.41) is 34.2. The second kappa shape index (κ2) is 19.9. The van der Waals surface area contributed by atoms with E-state index in [0.29, 0.717) is 55.6 Å². The van der Waals surface area contributed by atoms with Gasteiger partial charge in [0, 0.05) is 69.5 Å². The van der Waals surface area contributed by atoms with Crippen LogP contribution in [0.2, 0.25) is 0 Å². The van der Waals surface area contributed by atoms with Gasteiger partial charge < -0.3 is 29.3 Å². The highest BCUT2D eigenvalue weighted by atomic mass is 32.2. The first-order valence-corrected chi connectivity index (χ1v) is 19.1. The summed E-state index contributed by atoms with van der Waals surface area (Å²) in [4.78, 5) is 32.8. The molecule has 3 aromatic heterocycles. The standard InChI is InChI=1S/C22H26N6O3S.C11H20N6O2S/c1-27-21(24-25-26-27)32-16-18-9-13-28(14-10-18)22(29)31-19-7-5-17(6-8-19)11-15-30-20-4-2-3-12-23-20;1-15(2)7-8-17-10(12-13-14-17)20-9-3-5-16(6-4-9)11(18)19/h2-8,12,18H,9-11,13-16H2,1H3;9H,3-8H2,1-2H3,(H,18,19). The Balaban J connectivity index is 0.000000225. The number of carbonyl (C=O) groups is 2. The number of amides is 2. The van der Waals surface area contributed by atoms with E-state index in [1.807, 2.05) is 68.3 Å². The van der Waals surface area contributed by atoms with Gasteiger partial charge in [0.25, 0.3) is 0 Å². The average Bonchev–Trinajstić information content (AvgIpc) is 3.79. The van der Waals surface area contributed by atoms with Gasteiger partial charge in [0.05, 0.1) is 13.2 Å². The van der Waals surface area contributed by atoms with Crippen molar-refractivity contribution in [1.82, 2.24) is 60.1 Å². The smallest absolute Gasteiger partial charge is 0.415 e. The van der Waals surface area contributed by atoms with Crippen molar-refractivity contribution in [2.45, 2.75) is 54.2 Å². The van der Waals surface area contributed by atoms with E-state index in [0.717, 1.165) is 66.8 Å². The summed E-state index contributed by atoms with van der Waals surface area (Å²) in [7, 11) is 5.86. The molecule has 2 amide bonds. The van der Waals surface area contributed by atoms with Crippen LogP contribution < -0.4 is 9.47 Å². The van der Waals surface area contributed by atoms with Crippen LogP contribution in [-0.4, -0.2) is 142 Å². The van der Waals surface area contributed by atoms with Crippen molar-refractivity contribution in [3.05, 3.63) is 54.2 Å². The molecule has 52 heavy (non-hydrogen) atoms. The molecule has 2 aliphatic heterocycles. The number of benzene rings is 1. The predicted molar refractivity (Wildman–Crippen MR) is 195 cm³/mol. The quantitative estimate of drug-likeness (QED) is 0.195. The summed E-state index contributed by atoms with van der Waals surface area (Å²) < 4.78 is 14.7. The van der Waals surface area contributed by atoms with Crippen molar-refractivity contribution in [3.63, 3.8) is 0 Å². The lowest BCUT2D eigenvalue weighted by molar-refractivity contribution is 0.133. The molecule has 2 aliphatic rings. The molecule has 19 heteroatoms. The van der Waals surface area contributed by atoms with E-state index >= 15 is 0 Å². The second-order valence-corrected chi connectivity index (χ2v) is 14.9. The number of hydrogen-bond donors (Lipinski definition) is 1. The third kappa shape index (κ3) is 12.3. The van der Waals surface area contributed by atoms with Crippen molar-refractivity contribution in [2.24, 2.45) is 13.0 Å². The Morgan fingerprint density at radius 2 is 1.63 bits per heavy atom. The minimum atomic E-state index is -0.829. The van der Waals surface area contributed by atoms with Crippen LogP contribution in [0, 0.1) is 5.92 Å². The number of pyridine rings is 1. The highest BCUT2D eigenvalue weighted by molar-refractivity contribution is 7.99. The molecule has 2 fully saturated rings. The Bertz CT molecular complexity index is 1660. The van der Waals surface area contributed by atoms with Gasteiger partial charge >= 0.3 is 12.2 Å². The fourth-order valence-corrected chi connectivity index (χ4v) is 7.56. The number of hydrogen-bond acceptors (Lipinski definition) is 14. The van der Waals surface area contributed by atoms with Gasteiger partial charge in [-0.05, 0) is 90.3 Å². The third-order valence-electron chi connectivity index (χ3n) is 8.55. The maximum atomic E-state index is 12.5. The number of likely N-dealkylation sites (N-methyl/N-ethyl adjacent to an activating group) is 1. The van der Waals surface area contributed by atoms with E-state index in [1.165, 1.54) is 4.90 Å². The van der Waals surface area contributed by atoms with E-state index in [1.54, 1.807) is 39.3 Å². The minimum Gasteiger partial charge on any atom is -0.477 e. The molecule has 0 unspecified atom stereocenters. The minimum absolute atomic E-state index is 0.292. The Morgan fingerprint density at radius 3 is 2.29 bits per heavy atom. The van der Waals surface area contributed by atoms with Crippen LogP contribution in [0.4, 0.5) is 9.59 Å². The summed E-state index contributed by atoms with van der Waals surface area (Å²) in [5.74, 6) is 2.65. The molecular weight excluding hydrogens is 709 g/mol. The van der Waals surface area contributed by atoms with Crippen LogP contribution in [0.3, 0.4) is 0 Å². The van der Waals surface area contributed by atoms with Crippen molar-refractivity contribution in [1.29, 1.82) is 0 Å². The fraction of sp³-hybridized carbons (Fsp3) is 0.545. The summed E-state index contributed by atoms with van der Waals surface area (Å²) >= 11 is 3.31. The van der Waals surface area contributed by atoms with E-state index in [9.17, 15) is 9.59 Å². The molecule has 0 spiro atoms. The molecule has 0 saturated carbocycles. The van der Waals surface area contributed by atoms with Crippen LogP contribution in [0.5, 0.6) is 11.6 Å². The molecule has 1 aromatic carbocycles. The Morgan fingerprint density at radius 1 is 0.923 bits per heavy atom. The van der Waals surface area contributed by atoms with Gasteiger partial charge in [-0.1, -0.05) is 41.7 Å². The number of likely N-dealkylation sites (tertiary alicyclic amines) is 2. The second-order valence-electron chi connectivity index (χ2n) is 12.7. The lowest BCUT2D eigenvalue weighted by atomic mass is 9.99. The number of nitrogens with zero attached hydrogens (tertiary/aromatic N) is 12. The number of rotatable bonds is 13. The SMILES string of the molecule is CN(C)CCn1nnnc1SC1CCN(C(=O)O)CC1.Cn1nnnc1SCC1CCN(C(=O)Oc2ccc(CCOc3ccccn3)cc2)CC1. The van der Waals surface area contributed by atoms with Gasteiger partial charge in [-0.25, -0.2) is 23.9 Å². The number of ether oxygens (including phenoxy) is 2. The van der Waals surface area contributed by atoms with Gasteiger partial charge in [-0.3, -0.25) is 0 Å². The highest BCUT2D eigenvalue weighted by Gasteiger charge is 2.26. The van der Waals surface area contributed by atoms with Gasteiger partial charge in [-0.15, -0.1) is 10.2 Å². The molecular formula is C33H46N12O5S2. The van der Waals surface area contributed by atoms with Crippen molar-refractivity contribution in [3.8, 4) is 11.6 Å². The molecule has 280 valence electrons. The highest BCUT2D eigenvalue weighted by Crippen LogP contribution is 2.29. The van der Waals surface area contributed by atoms with E-state index in [2.05, 4.69) is 40.9 Å². The molecule has 0 atom stereocenters. The molecule has 0 aliphatic carbocycles. The van der Waals surface area contributed by atoms with E-state index < -0.39 is 6.09 Å². The first-order valence-electron chi connectivity index (χ1n) is 17.2. The zero-order valence-corrected chi connectivity index (χ0v) is 31.4. The van der Waals surface area contributed by atoms with Gasteiger partial charge in [0.1, 0.15) is 5.75 Å². The van der Waals surface area contributed by atoms with Gasteiger partial charge in [0.2, 0.25) is 16.2 Å². The zero-order chi connectivity index (χ0) is 36.7. The number of carbonyl (C=O) groups excluding carboxylic acids is 1. The Kier molecular flexibility index (Phi) is 14.9. The molecule has 0 bridgehead atoms. The van der Waals surface area contributed by atoms with E-state index in [-0.39, 0.29) is 6.09 Å². The molecule has 2 saturated heterocycles. The normalized spacial score (nSPS) is 15.3. The van der Waals surface area contributed by atoms with Crippen molar-refractivity contribution in [2.75, 3.05) is 59.2 Å². The monoisotopic (exact) mass is 754 g/mol. The first kappa shape index (κ1) is 38.7. The third-order valence-corrected chi connectivity index (χ3v) is 11.1. The average molecular weight is 755 g/mol. The largest absolute Gasteiger partial charge is 0.477 e. The fourth-order valence-electron chi connectivity index (χ4n) is 5.44. The van der Waals surface area contributed by atoms with Crippen LogP contribution in [0.15, 0.2) is 59.0 Å². The van der Waals surface area contributed by atoms with Crippen molar-refractivity contribution >= 4 is 35.7 Å². The van der Waals surface area contributed by atoms with Crippen LogP contribution in [0.1, 0.15) is 31.2 Å². The summed E-state index contributed by atoms with van der Waals surface area (Å²) in [6, 6.07) is 13.1. The Hall–Kier alpha value is -4.49. The number of piperidine rings is 2. The lowest BCUT2D eigenvalue weighted by Crippen LogP contribution is -2.40. The molecule has 1 N–H and O–H groups in total. The Labute approximate surface area is 311 Å². The van der Waals surface area contributed by atoms with Gasteiger partial charge in [0.15, 0.2) is 0 Å². The van der Waals surface area contributed by atoms with Crippen LogP contribution in [0.25, 0.3) is 0 Å². The van der Waals surface area contributed by atoms with Crippen molar-refractivity contribution < 1.29 is 24.2 Å². The lowest BCUT2D eigenvalue weighted by Gasteiger charge is -2.30. The molecule has 5 heterocycles. The number of tetrazole rings is 2. The number of thioether (sulfide) groups is 2. The zero-order valence-electron chi connectivity index (χ0n) is 29.7. The van der Waals surface area contributed by atoms with Gasteiger partial charge in [-0.2, -0.15) is 0 Å². The van der Waals surface area contributed by atoms with E-state index in [4.69, 9.17) is 14.6 Å². The molecule has 17 nitrogen and oxygen atoms in total. The first-order chi connectivity index (χ1) is 25.2. The number of aromatic nitrogens is 9. The molecule has 0 radical (unpaired) electrons. The maximum absolute atomic E-state index is 12.5. The summed E-state index contributed by atoms with van der Waals surface area (Å²) in [6.07, 6.45) is 4.92. The number of carboxylic acid groups (broad SMARTS) is 1. The predicted octanol–water partition coefficient (Wildman–Crippen LogP) is 3.70. The maximum Gasteiger partial charge on any atom is 0.415 e. The van der Waals surface area contributed by atoms with Crippen LogP contribution in [-0.2, 0) is 20.0 Å². The number of aryl methyl sites for hydroxylation is 1. The molecule has 4 aromatic rings.